The molecule has 0 fully saturated rings. The number of hydrogen-bond donors (Lipinski definition) is 0. The van der Waals surface area contributed by atoms with Gasteiger partial charge in [-0.1, -0.05) is 12.1 Å². The van der Waals surface area contributed by atoms with Gasteiger partial charge in [0.05, 0.1) is 6.61 Å². The maximum atomic E-state index is 11.6. The number of para-hydroxylation sites is 1. The van der Waals surface area contributed by atoms with Crippen LogP contribution in [-0.2, 0) is 9.53 Å². The van der Waals surface area contributed by atoms with E-state index in [0.29, 0.717) is 18.1 Å². The number of carbonyl (C=O) groups excluding carboxylic acids is 1. The van der Waals surface area contributed by atoms with Crippen molar-refractivity contribution in [3.63, 3.8) is 0 Å². The van der Waals surface area contributed by atoms with Crippen molar-refractivity contribution in [3.8, 4) is 11.5 Å². The third-order valence-corrected chi connectivity index (χ3v) is 4.17. The number of hydrogen-bond acceptors (Lipinski definition) is 4. The second kappa shape index (κ2) is 8.56. The molecule has 2 aliphatic carbocycles. The van der Waals surface area contributed by atoms with Crippen molar-refractivity contribution in [2.24, 2.45) is 0 Å². The third kappa shape index (κ3) is 4.75. The Balaban J connectivity index is 1.87. The van der Waals surface area contributed by atoms with Crippen LogP contribution in [0, 0.1) is 0 Å². The molecule has 3 rings (SSSR count). The lowest BCUT2D eigenvalue weighted by atomic mass is 10.1. The highest BCUT2D eigenvalue weighted by Gasteiger charge is 2.17. The molecule has 1 aromatic carbocycles. The van der Waals surface area contributed by atoms with Gasteiger partial charge in [-0.15, -0.1) is 0 Å². The van der Waals surface area contributed by atoms with Crippen molar-refractivity contribution in [2.45, 2.75) is 45.4 Å². The Morgan fingerprint density at radius 2 is 1.80 bits per heavy atom. The monoisotopic (exact) mass is 340 g/mol. The molecule has 0 amide bonds. The molecular formula is C21H24O4. The molecule has 4 nitrogen and oxygen atoms in total. The smallest absolute Gasteiger partial charge is 0.330 e. The number of ether oxygens (including phenoxy) is 3. The standard InChI is InChI=1S/C21H24O4/c1-2-23-20(22)15-14-16-8-7-13-19(24-17-9-3-4-10-17)21(16)25-18-11-5-6-12-18/h7-9,11,13-15H,2-6,10,12H2,1H3/b15-14+. The van der Waals surface area contributed by atoms with E-state index >= 15 is 0 Å². The first kappa shape index (κ1) is 17.3. The van der Waals surface area contributed by atoms with Crippen molar-refractivity contribution >= 4 is 12.0 Å². The molecule has 4 heteroatoms. The fraction of sp³-hybridized carbons (Fsp3) is 0.381. The Morgan fingerprint density at radius 3 is 2.44 bits per heavy atom. The fourth-order valence-corrected chi connectivity index (χ4v) is 2.94. The predicted octanol–water partition coefficient (Wildman–Crippen LogP) is 5.16. The first-order valence-corrected chi connectivity index (χ1v) is 8.98. The zero-order valence-corrected chi connectivity index (χ0v) is 14.6. The summed E-state index contributed by atoms with van der Waals surface area (Å²) in [7, 11) is 0. The van der Waals surface area contributed by atoms with E-state index < -0.39 is 0 Å². The molecule has 0 N–H and O–H groups in total. The summed E-state index contributed by atoms with van der Waals surface area (Å²) in [6.07, 6.45) is 13.6. The van der Waals surface area contributed by atoms with Crippen LogP contribution in [0.25, 0.3) is 6.08 Å². The van der Waals surface area contributed by atoms with Gasteiger partial charge in [0, 0.05) is 24.5 Å². The van der Waals surface area contributed by atoms with Crippen molar-refractivity contribution in [2.75, 3.05) is 6.61 Å². The highest BCUT2D eigenvalue weighted by molar-refractivity contribution is 5.87. The van der Waals surface area contributed by atoms with E-state index in [2.05, 4.69) is 12.2 Å². The summed E-state index contributed by atoms with van der Waals surface area (Å²) in [5, 5.41) is 0. The molecule has 0 spiro atoms. The lowest BCUT2D eigenvalue weighted by Crippen LogP contribution is -2.01. The van der Waals surface area contributed by atoms with Crippen molar-refractivity contribution < 1.29 is 19.0 Å². The Labute approximate surface area is 148 Å². The Morgan fingerprint density at radius 1 is 1.08 bits per heavy atom. The number of benzene rings is 1. The van der Waals surface area contributed by atoms with E-state index in [1.807, 2.05) is 18.2 Å². The predicted molar refractivity (Wildman–Crippen MR) is 97.2 cm³/mol. The Kier molecular flexibility index (Phi) is 5.94. The Hall–Kier alpha value is -2.49. The number of rotatable bonds is 7. The average molecular weight is 340 g/mol. The van der Waals surface area contributed by atoms with Gasteiger partial charge < -0.3 is 14.2 Å². The Bertz CT molecular complexity index is 713. The highest BCUT2D eigenvalue weighted by Crippen LogP contribution is 2.37. The molecule has 132 valence electrons. The SMILES string of the molecule is CCOC(=O)/C=C/c1cccc(OC2=CCCC2)c1OC1=CCCC1. The molecule has 0 aliphatic heterocycles. The maximum Gasteiger partial charge on any atom is 0.330 e. The quantitative estimate of drug-likeness (QED) is 0.508. The molecule has 0 saturated heterocycles. The molecular weight excluding hydrogens is 316 g/mol. The molecule has 1 aromatic rings. The van der Waals surface area contributed by atoms with E-state index in [9.17, 15) is 4.79 Å². The van der Waals surface area contributed by atoms with Crippen LogP contribution in [0.2, 0.25) is 0 Å². The summed E-state index contributed by atoms with van der Waals surface area (Å²) < 4.78 is 17.2. The van der Waals surface area contributed by atoms with Crippen LogP contribution in [0.4, 0.5) is 0 Å². The summed E-state index contributed by atoms with van der Waals surface area (Å²) in [4.78, 5) is 11.6. The molecule has 25 heavy (non-hydrogen) atoms. The van der Waals surface area contributed by atoms with Gasteiger partial charge >= 0.3 is 5.97 Å². The maximum absolute atomic E-state index is 11.6. The van der Waals surface area contributed by atoms with Crippen LogP contribution < -0.4 is 9.47 Å². The van der Waals surface area contributed by atoms with E-state index in [0.717, 1.165) is 55.6 Å². The fourth-order valence-electron chi connectivity index (χ4n) is 2.94. The molecule has 0 heterocycles. The van der Waals surface area contributed by atoms with Crippen LogP contribution in [0.15, 0.2) is 47.9 Å². The van der Waals surface area contributed by atoms with Gasteiger partial charge in [0.25, 0.3) is 0 Å². The lowest BCUT2D eigenvalue weighted by Gasteiger charge is -2.16. The van der Waals surface area contributed by atoms with Gasteiger partial charge in [-0.3, -0.25) is 0 Å². The number of esters is 1. The van der Waals surface area contributed by atoms with Gasteiger partial charge in [-0.25, -0.2) is 4.79 Å². The number of carbonyl (C=O) groups is 1. The minimum Gasteiger partial charge on any atom is -0.463 e. The third-order valence-electron chi connectivity index (χ3n) is 4.17. The van der Waals surface area contributed by atoms with Gasteiger partial charge in [-0.2, -0.15) is 0 Å². The van der Waals surface area contributed by atoms with Crippen LogP contribution in [-0.4, -0.2) is 12.6 Å². The second-order valence-electron chi connectivity index (χ2n) is 6.09. The largest absolute Gasteiger partial charge is 0.463 e. The number of allylic oxidation sites excluding steroid dienone is 4. The normalized spacial score (nSPS) is 16.7. The van der Waals surface area contributed by atoms with E-state index in [-0.39, 0.29) is 5.97 Å². The van der Waals surface area contributed by atoms with Crippen LogP contribution in [0.5, 0.6) is 11.5 Å². The zero-order chi connectivity index (χ0) is 17.5. The van der Waals surface area contributed by atoms with Gasteiger partial charge in [0.1, 0.15) is 11.5 Å². The van der Waals surface area contributed by atoms with Gasteiger partial charge in [0.2, 0.25) is 0 Å². The van der Waals surface area contributed by atoms with Crippen molar-refractivity contribution in [3.05, 3.63) is 53.5 Å². The molecule has 0 saturated carbocycles. The topological polar surface area (TPSA) is 44.8 Å². The van der Waals surface area contributed by atoms with Crippen molar-refractivity contribution in [1.82, 2.24) is 0 Å². The molecule has 0 aromatic heterocycles. The summed E-state index contributed by atoms with van der Waals surface area (Å²) >= 11 is 0. The molecule has 0 bridgehead atoms. The first-order valence-electron chi connectivity index (χ1n) is 8.98. The van der Waals surface area contributed by atoms with Gasteiger partial charge in [-0.05, 0) is 56.9 Å². The summed E-state index contributed by atoms with van der Waals surface area (Å²) in [5.41, 5.74) is 0.803. The average Bonchev–Trinajstić information content (AvgIpc) is 3.29. The molecule has 2 aliphatic rings. The second-order valence-corrected chi connectivity index (χ2v) is 6.09. The van der Waals surface area contributed by atoms with Crippen LogP contribution >= 0.6 is 0 Å². The van der Waals surface area contributed by atoms with Crippen LogP contribution in [0.1, 0.15) is 51.0 Å². The summed E-state index contributed by atoms with van der Waals surface area (Å²) in [6, 6.07) is 5.73. The highest BCUT2D eigenvalue weighted by atomic mass is 16.5. The molecule has 0 radical (unpaired) electrons. The minimum atomic E-state index is -0.363. The van der Waals surface area contributed by atoms with E-state index in [1.54, 1.807) is 13.0 Å². The summed E-state index contributed by atoms with van der Waals surface area (Å²) in [6.45, 7) is 2.15. The van der Waals surface area contributed by atoms with E-state index in [4.69, 9.17) is 14.2 Å². The van der Waals surface area contributed by atoms with Crippen LogP contribution in [0.3, 0.4) is 0 Å². The van der Waals surface area contributed by atoms with E-state index in [1.165, 1.54) is 6.08 Å². The lowest BCUT2D eigenvalue weighted by molar-refractivity contribution is -0.137. The van der Waals surface area contributed by atoms with Crippen molar-refractivity contribution in [1.29, 1.82) is 0 Å². The summed E-state index contributed by atoms with van der Waals surface area (Å²) in [5.74, 6) is 2.92. The first-order chi connectivity index (χ1) is 12.3. The minimum absolute atomic E-state index is 0.358. The van der Waals surface area contributed by atoms with Gasteiger partial charge in [0.15, 0.2) is 11.5 Å². The molecule has 0 unspecified atom stereocenters. The molecule has 0 atom stereocenters. The zero-order valence-electron chi connectivity index (χ0n) is 14.6.